The summed E-state index contributed by atoms with van der Waals surface area (Å²) >= 11 is 0. The van der Waals surface area contributed by atoms with Gasteiger partial charge in [0, 0.05) is 49.8 Å². The third-order valence-electron chi connectivity index (χ3n) is 6.26. The molecule has 47 heavy (non-hydrogen) atoms. The molecule has 1 aromatic heterocycles. The zero-order valence-electron chi connectivity index (χ0n) is 23.9. The summed E-state index contributed by atoms with van der Waals surface area (Å²) in [6.07, 6.45) is -9.63. The number of halogens is 9. The van der Waals surface area contributed by atoms with Crippen LogP contribution >= 0.6 is 0 Å². The first-order chi connectivity index (χ1) is 21.6. The summed E-state index contributed by atoms with van der Waals surface area (Å²) in [6.45, 7) is 4.74. The van der Waals surface area contributed by atoms with Gasteiger partial charge in [0.2, 0.25) is 0 Å². The first-order valence-corrected chi connectivity index (χ1v) is 13.0. The molecule has 0 unspecified atom stereocenters. The van der Waals surface area contributed by atoms with E-state index in [1.54, 1.807) is 0 Å². The fourth-order valence-corrected chi connectivity index (χ4v) is 4.15. The summed E-state index contributed by atoms with van der Waals surface area (Å²) < 4.78 is 102. The van der Waals surface area contributed by atoms with Crippen molar-refractivity contribution < 1.29 is 74.0 Å². The zero-order valence-corrected chi connectivity index (χ0v) is 23.9. The van der Waals surface area contributed by atoms with E-state index < -0.39 is 36.4 Å². The van der Waals surface area contributed by atoms with E-state index in [1.165, 1.54) is 16.8 Å². The fourth-order valence-electron chi connectivity index (χ4n) is 4.15. The van der Waals surface area contributed by atoms with E-state index in [2.05, 4.69) is 51.2 Å². The molecule has 0 saturated carbocycles. The molecule has 20 heteroatoms. The highest BCUT2D eigenvalue weighted by atomic mass is 19.4. The molecule has 1 saturated heterocycles. The van der Waals surface area contributed by atoms with Gasteiger partial charge < -0.3 is 25.0 Å². The summed E-state index contributed by atoms with van der Waals surface area (Å²) in [5.41, 5.74) is 3.54. The molecule has 2 aliphatic heterocycles. The highest BCUT2D eigenvalue weighted by molar-refractivity contribution is 5.73. The minimum Gasteiger partial charge on any atom is -0.475 e. The standard InChI is InChI=1S/C21H24N4O.3C2HF3O2/c22-9-13-24-11-7-21(8-12-24)19-5-1-2-6-20(19)25(14-15-26-21)17-18-4-3-10-23-16-18;3*3-2(4,5)1(6)7/h1-6,10,16H,7-8,11-15,17H2;3*(H,6,7). The Bertz CT molecular complexity index is 1300. The number of rotatable bonds is 3. The van der Waals surface area contributed by atoms with Crippen molar-refractivity contribution in [3.8, 4) is 6.07 Å². The van der Waals surface area contributed by atoms with Crippen molar-refractivity contribution in [3.05, 3.63) is 59.9 Å². The Morgan fingerprint density at radius 2 is 1.32 bits per heavy atom. The van der Waals surface area contributed by atoms with Crippen LogP contribution in [-0.4, -0.2) is 94.4 Å². The van der Waals surface area contributed by atoms with E-state index in [-0.39, 0.29) is 5.60 Å². The number of carboxylic acid groups (broad SMARTS) is 3. The molecule has 0 bridgehead atoms. The predicted molar refractivity (Wildman–Crippen MR) is 142 cm³/mol. The number of hydrogen-bond donors (Lipinski definition) is 3. The van der Waals surface area contributed by atoms with Crippen LogP contribution in [0.1, 0.15) is 24.0 Å². The van der Waals surface area contributed by atoms with Crippen LogP contribution in [0.25, 0.3) is 0 Å². The van der Waals surface area contributed by atoms with Gasteiger partial charge in [0.15, 0.2) is 0 Å². The number of benzene rings is 1. The number of piperidine rings is 1. The molecular weight excluding hydrogens is 663 g/mol. The van der Waals surface area contributed by atoms with Gasteiger partial charge in [0.05, 0.1) is 24.8 Å². The lowest BCUT2D eigenvalue weighted by atomic mass is 9.83. The molecule has 1 fully saturated rings. The molecule has 11 nitrogen and oxygen atoms in total. The number of carbonyl (C=O) groups is 3. The number of aromatic nitrogens is 1. The average molecular weight is 691 g/mol. The molecule has 0 radical (unpaired) electrons. The number of carboxylic acids is 3. The third kappa shape index (κ3) is 13.7. The topological polar surface area (TPSA) is 164 Å². The predicted octanol–water partition coefficient (Wildman–Crippen LogP) is 4.83. The van der Waals surface area contributed by atoms with Gasteiger partial charge in [-0.05, 0) is 30.5 Å². The molecule has 0 atom stereocenters. The van der Waals surface area contributed by atoms with Crippen LogP contribution < -0.4 is 4.90 Å². The first-order valence-electron chi connectivity index (χ1n) is 13.0. The number of likely N-dealkylation sites (tertiary alicyclic amines) is 1. The van der Waals surface area contributed by atoms with Crippen molar-refractivity contribution >= 4 is 23.6 Å². The molecule has 0 amide bonds. The van der Waals surface area contributed by atoms with Gasteiger partial charge in [0.1, 0.15) is 0 Å². The van der Waals surface area contributed by atoms with Gasteiger partial charge in [-0.15, -0.1) is 0 Å². The molecule has 1 spiro atoms. The lowest BCUT2D eigenvalue weighted by Gasteiger charge is -2.41. The van der Waals surface area contributed by atoms with Gasteiger partial charge >= 0.3 is 36.4 Å². The summed E-state index contributed by atoms with van der Waals surface area (Å²) in [5, 5.41) is 30.3. The number of fused-ring (bicyclic) bond motifs is 2. The lowest BCUT2D eigenvalue weighted by molar-refractivity contribution is -0.193. The third-order valence-corrected chi connectivity index (χ3v) is 6.26. The molecule has 2 aromatic rings. The quantitative estimate of drug-likeness (QED) is 0.299. The van der Waals surface area contributed by atoms with Crippen molar-refractivity contribution in [1.82, 2.24) is 9.88 Å². The van der Waals surface area contributed by atoms with Crippen LogP contribution in [0, 0.1) is 11.3 Å². The molecule has 3 N–H and O–H groups in total. The summed E-state index contributed by atoms with van der Waals surface area (Å²) in [5.74, 6) is -8.27. The Morgan fingerprint density at radius 1 is 0.830 bits per heavy atom. The van der Waals surface area contributed by atoms with E-state index in [9.17, 15) is 39.5 Å². The van der Waals surface area contributed by atoms with Crippen LogP contribution in [0.3, 0.4) is 0 Å². The van der Waals surface area contributed by atoms with E-state index in [0.29, 0.717) is 13.2 Å². The second kappa shape index (κ2) is 17.3. The maximum Gasteiger partial charge on any atom is 0.490 e. The molecule has 0 aliphatic carbocycles. The van der Waals surface area contributed by atoms with Crippen molar-refractivity contribution in [3.63, 3.8) is 0 Å². The number of aliphatic carboxylic acids is 3. The number of ether oxygens (including phenoxy) is 1. The number of hydrogen-bond acceptors (Lipinski definition) is 8. The van der Waals surface area contributed by atoms with Crippen LogP contribution in [0.15, 0.2) is 48.8 Å². The minimum absolute atomic E-state index is 0.230. The fraction of sp³-hybridized carbons (Fsp3) is 0.444. The Hall–Kier alpha value is -4.64. The van der Waals surface area contributed by atoms with E-state index in [4.69, 9.17) is 39.7 Å². The normalized spacial score (nSPS) is 15.9. The SMILES string of the molecule is N#CCN1CCC2(CC1)OCCN(Cc1cccnc1)c1ccccc12.O=C(O)C(F)(F)F.O=C(O)C(F)(F)F.O=C(O)C(F)(F)F. The number of nitrogens with zero attached hydrogens (tertiary/aromatic N) is 4. The molecule has 3 heterocycles. The van der Waals surface area contributed by atoms with Gasteiger partial charge in [-0.25, -0.2) is 14.4 Å². The Labute approximate surface area is 260 Å². The highest BCUT2D eigenvalue weighted by Gasteiger charge is 2.41. The lowest BCUT2D eigenvalue weighted by Crippen LogP contribution is -2.44. The highest BCUT2D eigenvalue weighted by Crippen LogP contribution is 2.43. The maximum atomic E-state index is 10.6. The summed E-state index contributed by atoms with van der Waals surface area (Å²) in [6, 6.07) is 15.0. The Kier molecular flexibility index (Phi) is 14.9. The van der Waals surface area contributed by atoms with Crippen LogP contribution in [-0.2, 0) is 31.3 Å². The summed E-state index contributed by atoms with van der Waals surface area (Å²) in [7, 11) is 0. The zero-order chi connectivity index (χ0) is 36.1. The smallest absolute Gasteiger partial charge is 0.475 e. The Morgan fingerprint density at radius 3 is 1.74 bits per heavy atom. The number of alkyl halides is 9. The maximum absolute atomic E-state index is 10.6. The van der Waals surface area contributed by atoms with Crippen molar-refractivity contribution in [2.45, 2.75) is 43.5 Å². The van der Waals surface area contributed by atoms with Crippen molar-refractivity contribution in [2.24, 2.45) is 0 Å². The van der Waals surface area contributed by atoms with Gasteiger partial charge in [0.25, 0.3) is 0 Å². The van der Waals surface area contributed by atoms with Crippen molar-refractivity contribution in [1.29, 1.82) is 5.26 Å². The average Bonchev–Trinajstić information content (AvgIpc) is 3.11. The molecule has 1 aromatic carbocycles. The van der Waals surface area contributed by atoms with Gasteiger partial charge in [-0.3, -0.25) is 9.88 Å². The molecular formula is C27H27F9N4O7. The first kappa shape index (κ1) is 40.4. The minimum atomic E-state index is -5.08. The second-order valence-electron chi connectivity index (χ2n) is 9.49. The number of nitriles is 1. The largest absolute Gasteiger partial charge is 0.490 e. The molecule has 4 rings (SSSR count). The van der Waals surface area contributed by atoms with E-state index in [0.717, 1.165) is 39.0 Å². The number of para-hydroxylation sites is 1. The summed E-state index contributed by atoms with van der Waals surface area (Å²) in [4.78, 5) is 35.6. The monoisotopic (exact) mass is 690 g/mol. The van der Waals surface area contributed by atoms with Crippen molar-refractivity contribution in [2.75, 3.05) is 37.7 Å². The van der Waals surface area contributed by atoms with Crippen LogP contribution in [0.5, 0.6) is 0 Å². The van der Waals surface area contributed by atoms with E-state index in [1.807, 2.05) is 18.5 Å². The van der Waals surface area contributed by atoms with E-state index >= 15 is 0 Å². The number of anilines is 1. The van der Waals surface area contributed by atoms with Crippen LogP contribution in [0.2, 0.25) is 0 Å². The van der Waals surface area contributed by atoms with Gasteiger partial charge in [-0.2, -0.15) is 44.8 Å². The number of pyridine rings is 1. The van der Waals surface area contributed by atoms with Gasteiger partial charge in [-0.1, -0.05) is 24.3 Å². The second-order valence-corrected chi connectivity index (χ2v) is 9.49. The molecule has 260 valence electrons. The Balaban J connectivity index is 0.000000430. The molecule has 2 aliphatic rings. The van der Waals surface area contributed by atoms with Crippen LogP contribution in [0.4, 0.5) is 45.2 Å².